The first kappa shape index (κ1) is 9.83. The summed E-state index contributed by atoms with van der Waals surface area (Å²) in [5.41, 5.74) is 3.37. The average Bonchev–Trinajstić information content (AvgIpc) is 2.31. The Hall–Kier alpha value is -1.71. The first-order valence-corrected chi connectivity index (χ1v) is 4.70. The second-order valence-corrected chi connectivity index (χ2v) is 3.08. The van der Waals surface area contributed by atoms with Crippen LogP contribution in [-0.4, -0.2) is 41.3 Å². The summed E-state index contributed by atoms with van der Waals surface area (Å²) in [6.45, 7) is 2.94. The molecule has 6 nitrogen and oxygen atoms in total. The molecule has 78 valence electrons. The zero-order valence-electron chi connectivity index (χ0n) is 8.18. The Morgan fingerprint density at radius 2 is 2.07 bits per heavy atom. The molecule has 0 saturated carbocycles. The number of nitrogens with one attached hydrogen (secondary N) is 1. The molecule has 2 rings (SSSR count). The third-order valence-corrected chi connectivity index (χ3v) is 2.08. The van der Waals surface area contributed by atoms with E-state index in [0.717, 1.165) is 13.1 Å². The first-order chi connectivity index (χ1) is 7.40. The van der Waals surface area contributed by atoms with Gasteiger partial charge in [0.25, 0.3) is 0 Å². The number of morpholine rings is 1. The van der Waals surface area contributed by atoms with Gasteiger partial charge in [0.1, 0.15) is 6.07 Å². The van der Waals surface area contributed by atoms with Crippen LogP contribution >= 0.6 is 0 Å². The summed E-state index contributed by atoms with van der Waals surface area (Å²) in [7, 11) is 0. The van der Waals surface area contributed by atoms with Crippen molar-refractivity contribution >= 4 is 5.82 Å². The fraction of sp³-hybridized carbons (Fsp3) is 0.444. The summed E-state index contributed by atoms with van der Waals surface area (Å²) in [4.78, 5) is 7.98. The van der Waals surface area contributed by atoms with E-state index in [2.05, 4.69) is 15.4 Å². The number of hydrazine groups is 1. The summed E-state index contributed by atoms with van der Waals surface area (Å²) >= 11 is 0. The molecule has 1 aliphatic heterocycles. The van der Waals surface area contributed by atoms with Gasteiger partial charge in [-0.05, 0) is 0 Å². The van der Waals surface area contributed by atoms with Gasteiger partial charge in [0.05, 0.1) is 13.2 Å². The monoisotopic (exact) mass is 205 g/mol. The third kappa shape index (κ3) is 2.40. The summed E-state index contributed by atoms with van der Waals surface area (Å²) in [5.74, 6) is 0.502. The first-order valence-electron chi connectivity index (χ1n) is 4.70. The Bertz CT molecular complexity index is 369. The zero-order valence-corrected chi connectivity index (χ0v) is 8.18. The Morgan fingerprint density at radius 3 is 2.80 bits per heavy atom. The number of nitriles is 1. The van der Waals surface area contributed by atoms with Crippen molar-refractivity contribution in [3.63, 3.8) is 0 Å². The maximum atomic E-state index is 8.81. The van der Waals surface area contributed by atoms with Crippen LogP contribution in [0.1, 0.15) is 5.69 Å². The minimum atomic E-state index is 0.309. The van der Waals surface area contributed by atoms with Gasteiger partial charge in [0.2, 0.25) is 0 Å². The van der Waals surface area contributed by atoms with Crippen LogP contribution in [0.2, 0.25) is 0 Å². The van der Waals surface area contributed by atoms with Crippen molar-refractivity contribution < 1.29 is 4.74 Å². The van der Waals surface area contributed by atoms with Crippen molar-refractivity contribution in [3.8, 4) is 6.07 Å². The van der Waals surface area contributed by atoms with Crippen molar-refractivity contribution in [1.29, 1.82) is 5.26 Å². The van der Waals surface area contributed by atoms with Crippen LogP contribution in [0.25, 0.3) is 0 Å². The van der Waals surface area contributed by atoms with Gasteiger partial charge < -0.3 is 10.2 Å². The molecule has 0 aliphatic carbocycles. The minimum absolute atomic E-state index is 0.309. The highest BCUT2D eigenvalue weighted by Crippen LogP contribution is 2.08. The molecule has 1 aliphatic rings. The molecule has 0 spiro atoms. The van der Waals surface area contributed by atoms with Crippen LogP contribution in [-0.2, 0) is 4.74 Å². The Morgan fingerprint density at radius 1 is 1.33 bits per heavy atom. The van der Waals surface area contributed by atoms with Crippen molar-refractivity contribution in [3.05, 3.63) is 18.1 Å². The molecule has 1 fully saturated rings. The van der Waals surface area contributed by atoms with E-state index in [1.807, 2.05) is 11.1 Å². The molecule has 1 saturated heterocycles. The predicted molar refractivity (Wildman–Crippen MR) is 52.8 cm³/mol. The zero-order chi connectivity index (χ0) is 10.5. The smallest absolute Gasteiger partial charge is 0.184 e. The topological polar surface area (TPSA) is 74.1 Å². The molecular weight excluding hydrogens is 194 g/mol. The number of hydrogen-bond donors (Lipinski definition) is 1. The minimum Gasteiger partial charge on any atom is -0.379 e. The largest absolute Gasteiger partial charge is 0.379 e. The summed E-state index contributed by atoms with van der Waals surface area (Å²) < 4.78 is 5.21. The molecule has 1 N–H and O–H groups in total. The Kier molecular flexibility index (Phi) is 3.07. The second-order valence-electron chi connectivity index (χ2n) is 3.08. The lowest BCUT2D eigenvalue weighted by Gasteiger charge is -2.27. The molecule has 0 atom stereocenters. The number of hydrogen-bond acceptors (Lipinski definition) is 6. The van der Waals surface area contributed by atoms with Gasteiger partial charge >= 0.3 is 0 Å². The molecule has 0 bridgehead atoms. The molecule has 15 heavy (non-hydrogen) atoms. The SMILES string of the molecule is N#Cc1nccnc1NN1CCOCC1. The van der Waals surface area contributed by atoms with E-state index in [1.165, 1.54) is 6.20 Å². The lowest BCUT2D eigenvalue weighted by Crippen LogP contribution is -2.40. The number of anilines is 1. The molecule has 0 radical (unpaired) electrons. The van der Waals surface area contributed by atoms with Crippen molar-refractivity contribution in [2.45, 2.75) is 0 Å². The fourth-order valence-corrected chi connectivity index (χ4v) is 1.33. The standard InChI is InChI=1S/C9H11N5O/c10-7-8-9(12-2-1-11-8)13-14-3-5-15-6-4-14/h1-2H,3-6H2,(H,12,13). The van der Waals surface area contributed by atoms with Crippen LogP contribution in [0, 0.1) is 11.3 Å². The van der Waals surface area contributed by atoms with Gasteiger partial charge in [-0.2, -0.15) is 5.26 Å². The Balaban J connectivity index is 2.06. The lowest BCUT2D eigenvalue weighted by atomic mass is 10.4. The maximum absolute atomic E-state index is 8.81. The number of aromatic nitrogens is 2. The molecular formula is C9H11N5O. The van der Waals surface area contributed by atoms with Crippen molar-refractivity contribution in [2.75, 3.05) is 31.7 Å². The molecule has 2 heterocycles. The highest BCUT2D eigenvalue weighted by molar-refractivity contribution is 5.45. The molecule has 1 aromatic heterocycles. The Labute approximate surface area is 87.5 Å². The summed E-state index contributed by atoms with van der Waals surface area (Å²) in [6, 6.07) is 1.99. The fourth-order valence-electron chi connectivity index (χ4n) is 1.33. The highest BCUT2D eigenvalue weighted by Gasteiger charge is 2.12. The number of nitrogens with zero attached hydrogens (tertiary/aromatic N) is 4. The van der Waals surface area contributed by atoms with E-state index in [0.29, 0.717) is 24.7 Å². The lowest BCUT2D eigenvalue weighted by molar-refractivity contribution is 0.0494. The van der Waals surface area contributed by atoms with Gasteiger partial charge in [0, 0.05) is 25.5 Å². The third-order valence-electron chi connectivity index (χ3n) is 2.08. The number of rotatable bonds is 2. The van der Waals surface area contributed by atoms with Crippen molar-refractivity contribution in [2.24, 2.45) is 0 Å². The van der Waals surface area contributed by atoms with Crippen LogP contribution in [0.4, 0.5) is 5.82 Å². The van der Waals surface area contributed by atoms with E-state index in [9.17, 15) is 0 Å². The number of ether oxygens (including phenoxy) is 1. The second kappa shape index (κ2) is 4.68. The molecule has 0 aromatic carbocycles. The highest BCUT2D eigenvalue weighted by atomic mass is 16.5. The van der Waals surface area contributed by atoms with Crippen LogP contribution in [0.3, 0.4) is 0 Å². The van der Waals surface area contributed by atoms with Crippen molar-refractivity contribution in [1.82, 2.24) is 15.0 Å². The van der Waals surface area contributed by atoms with E-state index >= 15 is 0 Å². The van der Waals surface area contributed by atoms with Crippen LogP contribution in [0.5, 0.6) is 0 Å². The quantitative estimate of drug-likeness (QED) is 0.733. The maximum Gasteiger partial charge on any atom is 0.184 e. The van der Waals surface area contributed by atoms with E-state index in [1.54, 1.807) is 6.20 Å². The van der Waals surface area contributed by atoms with E-state index < -0.39 is 0 Å². The molecule has 1 aromatic rings. The van der Waals surface area contributed by atoms with Crippen LogP contribution < -0.4 is 5.43 Å². The molecule has 6 heteroatoms. The van der Waals surface area contributed by atoms with Gasteiger partial charge in [-0.15, -0.1) is 0 Å². The molecule has 0 amide bonds. The average molecular weight is 205 g/mol. The normalized spacial score (nSPS) is 17.0. The van der Waals surface area contributed by atoms with E-state index in [4.69, 9.17) is 10.00 Å². The van der Waals surface area contributed by atoms with Gasteiger partial charge in [0.15, 0.2) is 11.5 Å². The summed E-state index contributed by atoms with van der Waals surface area (Å²) in [6.07, 6.45) is 3.06. The van der Waals surface area contributed by atoms with Gasteiger partial charge in [-0.25, -0.2) is 15.0 Å². The summed E-state index contributed by atoms with van der Waals surface area (Å²) in [5, 5.41) is 10.8. The molecule has 0 unspecified atom stereocenters. The predicted octanol–water partition coefficient (Wildman–Crippen LogP) is 0.00738. The van der Waals surface area contributed by atoms with Gasteiger partial charge in [-0.3, -0.25) is 0 Å². The van der Waals surface area contributed by atoms with Gasteiger partial charge in [-0.1, -0.05) is 0 Å². The van der Waals surface area contributed by atoms with E-state index in [-0.39, 0.29) is 0 Å². The van der Waals surface area contributed by atoms with Crippen LogP contribution in [0.15, 0.2) is 12.4 Å².